The molecule has 1 N–H and O–H groups in total. The number of benzene rings is 3. The molecule has 0 radical (unpaired) electrons. The molecule has 1 amide bonds. The van der Waals surface area contributed by atoms with Crippen molar-refractivity contribution in [3.05, 3.63) is 94.6 Å². The Morgan fingerprint density at radius 3 is 2.30 bits per heavy atom. The highest BCUT2D eigenvalue weighted by atomic mass is 35.5. The first-order valence-electron chi connectivity index (χ1n) is 14.2. The topological polar surface area (TPSA) is 63.6 Å². The van der Waals surface area contributed by atoms with Crippen molar-refractivity contribution in [2.75, 3.05) is 26.2 Å². The number of carbonyl (C=O) groups is 2. The van der Waals surface area contributed by atoms with Gasteiger partial charge in [0.15, 0.2) is 5.78 Å². The van der Waals surface area contributed by atoms with Crippen molar-refractivity contribution in [1.82, 2.24) is 14.8 Å². The maximum Gasteiger partial charge on any atom is 0.251 e. The van der Waals surface area contributed by atoms with Crippen LogP contribution in [0.2, 0.25) is 5.02 Å². The summed E-state index contributed by atoms with van der Waals surface area (Å²) < 4.78 is 8.20. The van der Waals surface area contributed by atoms with Gasteiger partial charge in [-0.1, -0.05) is 43.5 Å². The van der Waals surface area contributed by atoms with Crippen molar-refractivity contribution < 1.29 is 14.3 Å². The van der Waals surface area contributed by atoms with Gasteiger partial charge in [-0.15, -0.1) is 0 Å². The third-order valence-corrected chi connectivity index (χ3v) is 7.72. The molecule has 0 bridgehead atoms. The molecule has 208 valence electrons. The number of hydrogen-bond donors (Lipinski definition) is 1. The molecule has 4 aromatic rings. The number of amides is 1. The summed E-state index contributed by atoms with van der Waals surface area (Å²) >= 11 is 6.01. The first kappa shape index (κ1) is 27.9. The monoisotopic (exact) mass is 557 g/mol. The van der Waals surface area contributed by atoms with E-state index in [0.29, 0.717) is 39.8 Å². The van der Waals surface area contributed by atoms with Gasteiger partial charge in [0.1, 0.15) is 11.5 Å². The minimum Gasteiger partial charge on any atom is -0.457 e. The third kappa shape index (κ3) is 6.75. The molecule has 7 heteroatoms. The quantitative estimate of drug-likeness (QED) is 0.196. The Kier molecular flexibility index (Phi) is 9.19. The minimum absolute atomic E-state index is 0.0825. The van der Waals surface area contributed by atoms with E-state index >= 15 is 0 Å². The second kappa shape index (κ2) is 13.2. The summed E-state index contributed by atoms with van der Waals surface area (Å²) in [7, 11) is 0. The summed E-state index contributed by atoms with van der Waals surface area (Å²) in [6.45, 7) is 6.69. The van der Waals surface area contributed by atoms with E-state index in [9.17, 15) is 9.59 Å². The first-order valence-corrected chi connectivity index (χ1v) is 14.6. The van der Waals surface area contributed by atoms with Gasteiger partial charge in [0.2, 0.25) is 0 Å². The number of ketones is 1. The number of rotatable bonds is 11. The zero-order chi connectivity index (χ0) is 27.9. The van der Waals surface area contributed by atoms with Crippen LogP contribution in [0.1, 0.15) is 65.3 Å². The lowest BCUT2D eigenvalue weighted by Crippen LogP contribution is -2.37. The molecule has 6 nitrogen and oxygen atoms in total. The lowest BCUT2D eigenvalue weighted by molar-refractivity contribution is 0.0945. The molecule has 0 saturated carbocycles. The van der Waals surface area contributed by atoms with Crippen LogP contribution in [-0.2, 0) is 6.54 Å². The number of aryl methyl sites for hydroxylation is 1. The summed E-state index contributed by atoms with van der Waals surface area (Å²) in [5, 5.41) is 4.50. The molecule has 1 aromatic heterocycles. The summed E-state index contributed by atoms with van der Waals surface area (Å²) in [6.07, 6.45) is 7.78. The van der Waals surface area contributed by atoms with Crippen LogP contribution in [-0.4, -0.2) is 47.3 Å². The predicted molar refractivity (Wildman–Crippen MR) is 161 cm³/mol. The van der Waals surface area contributed by atoms with Gasteiger partial charge in [0, 0.05) is 58.4 Å². The molecular weight excluding hydrogens is 522 g/mol. The molecule has 40 heavy (non-hydrogen) atoms. The Labute approximate surface area is 240 Å². The van der Waals surface area contributed by atoms with Crippen LogP contribution in [0.25, 0.3) is 10.9 Å². The Balaban J connectivity index is 1.33. The largest absolute Gasteiger partial charge is 0.457 e. The van der Waals surface area contributed by atoms with Gasteiger partial charge < -0.3 is 19.5 Å². The smallest absolute Gasteiger partial charge is 0.251 e. The fourth-order valence-electron chi connectivity index (χ4n) is 5.21. The summed E-state index contributed by atoms with van der Waals surface area (Å²) in [6, 6.07) is 20.0. The molecule has 5 rings (SSSR count). The van der Waals surface area contributed by atoms with Crippen molar-refractivity contribution in [3.8, 4) is 11.5 Å². The second-order valence-corrected chi connectivity index (χ2v) is 10.8. The van der Waals surface area contributed by atoms with Crippen LogP contribution in [0.4, 0.5) is 0 Å². The van der Waals surface area contributed by atoms with Gasteiger partial charge in [0.25, 0.3) is 5.91 Å². The maximum atomic E-state index is 13.7. The Morgan fingerprint density at radius 2 is 1.57 bits per heavy atom. The number of aromatic nitrogens is 1. The number of unbranched alkanes of at least 4 members (excludes halogenated alkanes) is 1. The third-order valence-electron chi connectivity index (χ3n) is 7.47. The number of hydrogen-bond acceptors (Lipinski definition) is 4. The lowest BCUT2D eigenvalue weighted by Gasteiger charge is -2.26. The summed E-state index contributed by atoms with van der Waals surface area (Å²) in [4.78, 5) is 28.8. The number of ether oxygens (including phenoxy) is 1. The molecule has 1 aliphatic rings. The maximum absolute atomic E-state index is 13.7. The lowest BCUT2D eigenvalue weighted by atomic mass is 10.0. The normalized spacial score (nSPS) is 13.8. The van der Waals surface area contributed by atoms with Crippen LogP contribution < -0.4 is 10.1 Å². The Bertz CT molecular complexity index is 1460. The van der Waals surface area contributed by atoms with E-state index in [1.807, 2.05) is 36.5 Å². The highest BCUT2D eigenvalue weighted by molar-refractivity contribution is 6.30. The van der Waals surface area contributed by atoms with Gasteiger partial charge in [-0.3, -0.25) is 9.59 Å². The number of fused-ring (bicyclic) bond motifs is 1. The fourth-order valence-corrected chi connectivity index (χ4v) is 5.34. The van der Waals surface area contributed by atoms with Crippen LogP contribution in [0.5, 0.6) is 11.5 Å². The predicted octanol–water partition coefficient (Wildman–Crippen LogP) is 7.33. The molecule has 0 atom stereocenters. The number of piperidine rings is 1. The fraction of sp³-hybridized carbons (Fsp3) is 0.333. The van der Waals surface area contributed by atoms with E-state index in [1.165, 1.54) is 19.3 Å². The number of nitrogens with zero attached hydrogens (tertiary/aromatic N) is 2. The van der Waals surface area contributed by atoms with E-state index in [4.69, 9.17) is 16.3 Å². The number of nitrogens with one attached hydrogen (secondary N) is 1. The zero-order valence-electron chi connectivity index (χ0n) is 23.0. The van der Waals surface area contributed by atoms with Crippen molar-refractivity contribution in [2.45, 2.75) is 45.6 Å². The van der Waals surface area contributed by atoms with Crippen LogP contribution >= 0.6 is 11.6 Å². The van der Waals surface area contributed by atoms with Crippen LogP contribution in [0.3, 0.4) is 0 Å². The molecule has 3 aromatic carbocycles. The highest BCUT2D eigenvalue weighted by Gasteiger charge is 2.19. The molecule has 0 spiro atoms. The molecule has 1 saturated heterocycles. The van der Waals surface area contributed by atoms with E-state index in [-0.39, 0.29) is 11.7 Å². The van der Waals surface area contributed by atoms with Crippen molar-refractivity contribution in [1.29, 1.82) is 0 Å². The number of halogens is 1. The molecule has 0 unspecified atom stereocenters. The first-order chi connectivity index (χ1) is 19.5. The average Bonchev–Trinajstić information content (AvgIpc) is 3.35. The molecule has 0 aliphatic carbocycles. The van der Waals surface area contributed by atoms with E-state index < -0.39 is 0 Å². The zero-order valence-corrected chi connectivity index (χ0v) is 23.8. The van der Waals surface area contributed by atoms with Gasteiger partial charge in [0.05, 0.1) is 0 Å². The van der Waals surface area contributed by atoms with Crippen molar-refractivity contribution >= 4 is 34.2 Å². The van der Waals surface area contributed by atoms with Gasteiger partial charge in [-0.25, -0.2) is 0 Å². The van der Waals surface area contributed by atoms with Crippen molar-refractivity contribution in [3.63, 3.8) is 0 Å². The number of likely N-dealkylation sites (tertiary alicyclic amines) is 1. The summed E-state index contributed by atoms with van der Waals surface area (Å²) in [5.41, 5.74) is 2.71. The van der Waals surface area contributed by atoms with Gasteiger partial charge >= 0.3 is 0 Å². The van der Waals surface area contributed by atoms with Gasteiger partial charge in [-0.05, 0) is 86.9 Å². The molecule has 1 aliphatic heterocycles. The highest BCUT2D eigenvalue weighted by Crippen LogP contribution is 2.31. The van der Waals surface area contributed by atoms with E-state index in [0.717, 1.165) is 49.9 Å². The van der Waals surface area contributed by atoms with Crippen molar-refractivity contribution in [2.24, 2.45) is 0 Å². The molecule has 1 fully saturated rings. The van der Waals surface area contributed by atoms with Gasteiger partial charge in [-0.2, -0.15) is 0 Å². The van der Waals surface area contributed by atoms with E-state index in [2.05, 4.69) is 21.7 Å². The van der Waals surface area contributed by atoms with Crippen LogP contribution in [0, 0.1) is 0 Å². The van der Waals surface area contributed by atoms with Crippen LogP contribution in [0.15, 0.2) is 72.9 Å². The SMILES string of the molecule is CCCCn1cc(C(=O)c2ccc(C(=O)NCCN3CCCCC3)cc2)c2cc(Oc3ccc(Cl)cc3)ccc21. The Hall–Kier alpha value is -3.61. The minimum atomic E-state index is -0.115. The summed E-state index contributed by atoms with van der Waals surface area (Å²) in [5.74, 6) is 1.12. The molecular formula is C33H36ClN3O3. The number of carbonyl (C=O) groups excluding carboxylic acids is 2. The average molecular weight is 558 g/mol. The Morgan fingerprint density at radius 1 is 0.875 bits per heavy atom. The van der Waals surface area contributed by atoms with E-state index in [1.54, 1.807) is 36.4 Å². The molecule has 2 heterocycles. The second-order valence-electron chi connectivity index (χ2n) is 10.4. The standard InChI is InChI=1S/C33H36ClN3O3/c1-2-3-20-37-23-30(29-22-28(15-16-31(29)37)40-27-13-11-26(34)12-14-27)32(38)24-7-9-25(10-8-24)33(39)35-17-21-36-18-5-4-6-19-36/h7-16,22-23H,2-6,17-21H2,1H3,(H,35,39).